The quantitative estimate of drug-likeness (QED) is 0.670. The Morgan fingerprint density at radius 3 is 2.13 bits per heavy atom. The van der Waals surface area contributed by atoms with Crippen LogP contribution in [-0.2, 0) is 5.60 Å². The van der Waals surface area contributed by atoms with Gasteiger partial charge in [0.25, 0.3) is 0 Å². The van der Waals surface area contributed by atoms with E-state index in [1.54, 1.807) is 0 Å². The maximum Gasteiger partial charge on any atom is 0.218 e. The number of hydrogen-bond acceptors (Lipinski definition) is 1. The molecule has 0 aliphatic carbocycles. The Balaban J connectivity index is 0.00000156. The summed E-state index contributed by atoms with van der Waals surface area (Å²) in [5, 5.41) is 11.4. The van der Waals surface area contributed by atoms with Crippen molar-refractivity contribution in [2.75, 3.05) is 0 Å². The van der Waals surface area contributed by atoms with Crippen LogP contribution in [-0.4, -0.2) is 5.11 Å². The van der Waals surface area contributed by atoms with Gasteiger partial charge in [-0.2, -0.15) is 4.57 Å². The summed E-state index contributed by atoms with van der Waals surface area (Å²) in [5.41, 5.74) is 2.19. The lowest BCUT2D eigenvalue weighted by Crippen LogP contribution is -3.00. The highest BCUT2D eigenvalue weighted by molar-refractivity contribution is 5.33. The van der Waals surface area contributed by atoms with Crippen LogP contribution >= 0.6 is 0 Å². The summed E-state index contributed by atoms with van der Waals surface area (Å²) in [4.78, 5) is 0. The van der Waals surface area contributed by atoms with Crippen LogP contribution in [0, 0.1) is 0 Å². The average molecular weight is 324 g/mol. The first-order chi connectivity index (χ1) is 10.8. The predicted molar refractivity (Wildman–Crippen MR) is 85.3 cm³/mol. The van der Waals surface area contributed by atoms with E-state index in [0.717, 1.165) is 11.3 Å². The van der Waals surface area contributed by atoms with Gasteiger partial charge in [0.15, 0.2) is 17.8 Å². The predicted octanol–water partition coefficient (Wildman–Crippen LogP) is 0.207. The molecule has 0 amide bonds. The van der Waals surface area contributed by atoms with Crippen molar-refractivity contribution in [3.63, 3.8) is 0 Å². The fourth-order valence-corrected chi connectivity index (χ4v) is 3.49. The molecule has 0 bridgehead atoms. The Labute approximate surface area is 142 Å². The van der Waals surface area contributed by atoms with Gasteiger partial charge in [0.1, 0.15) is 0 Å². The minimum atomic E-state index is -0.941. The van der Waals surface area contributed by atoms with E-state index in [0.29, 0.717) is 6.42 Å². The van der Waals surface area contributed by atoms with Gasteiger partial charge in [-0.1, -0.05) is 60.7 Å². The number of rotatable bonds is 2. The van der Waals surface area contributed by atoms with Gasteiger partial charge < -0.3 is 17.5 Å². The molecule has 3 heteroatoms. The highest BCUT2D eigenvalue weighted by Crippen LogP contribution is 2.41. The molecule has 0 fully saturated rings. The molecule has 1 aliphatic heterocycles. The summed E-state index contributed by atoms with van der Waals surface area (Å²) < 4.78 is 2.20. The summed E-state index contributed by atoms with van der Waals surface area (Å²) >= 11 is 0. The molecule has 1 aliphatic rings. The van der Waals surface area contributed by atoms with Crippen LogP contribution in [0.4, 0.5) is 0 Å². The van der Waals surface area contributed by atoms with Crippen molar-refractivity contribution in [3.8, 4) is 0 Å². The number of halogens is 1. The van der Waals surface area contributed by atoms with Gasteiger partial charge in [-0.05, 0) is 11.6 Å². The zero-order chi connectivity index (χ0) is 15.0. The van der Waals surface area contributed by atoms with Crippen molar-refractivity contribution in [2.45, 2.75) is 18.1 Å². The van der Waals surface area contributed by atoms with Crippen LogP contribution in [0.5, 0.6) is 0 Å². The van der Waals surface area contributed by atoms with Gasteiger partial charge in [0.2, 0.25) is 5.69 Å². The molecule has 0 saturated carbocycles. The van der Waals surface area contributed by atoms with Gasteiger partial charge in [-0.3, -0.25) is 0 Å². The molecule has 2 heterocycles. The third-order valence-electron chi connectivity index (χ3n) is 4.57. The van der Waals surface area contributed by atoms with Crippen LogP contribution in [0.2, 0.25) is 0 Å². The Bertz CT molecular complexity index is 791. The maximum absolute atomic E-state index is 11.4. The van der Waals surface area contributed by atoms with Crippen LogP contribution in [0.25, 0.3) is 0 Å². The Hall–Kier alpha value is -2.16. The second kappa shape index (κ2) is 6.15. The van der Waals surface area contributed by atoms with Gasteiger partial charge in [0.05, 0.1) is 6.42 Å². The number of aliphatic hydroxyl groups is 1. The van der Waals surface area contributed by atoms with E-state index in [4.69, 9.17) is 0 Å². The van der Waals surface area contributed by atoms with Gasteiger partial charge in [0, 0.05) is 17.7 Å². The average Bonchev–Trinajstić information content (AvgIpc) is 2.91. The molecular formula is C20H18ClNO. The van der Waals surface area contributed by atoms with E-state index in [1.165, 1.54) is 5.56 Å². The van der Waals surface area contributed by atoms with E-state index in [9.17, 15) is 5.11 Å². The largest absolute Gasteiger partial charge is 1.00 e. The molecule has 0 spiro atoms. The van der Waals surface area contributed by atoms with Crippen molar-refractivity contribution in [2.24, 2.45) is 0 Å². The lowest BCUT2D eigenvalue weighted by atomic mass is 9.86. The van der Waals surface area contributed by atoms with Gasteiger partial charge in [-0.15, -0.1) is 0 Å². The van der Waals surface area contributed by atoms with Crippen LogP contribution < -0.4 is 17.0 Å². The molecule has 1 aromatic heterocycles. The van der Waals surface area contributed by atoms with Gasteiger partial charge in [-0.25, -0.2) is 0 Å². The number of benzene rings is 2. The minimum Gasteiger partial charge on any atom is -1.00 e. The monoisotopic (exact) mass is 323 g/mol. The summed E-state index contributed by atoms with van der Waals surface area (Å²) in [7, 11) is 0. The highest BCUT2D eigenvalue weighted by Gasteiger charge is 2.51. The van der Waals surface area contributed by atoms with Crippen molar-refractivity contribution >= 4 is 0 Å². The molecule has 3 aromatic rings. The van der Waals surface area contributed by atoms with Gasteiger partial charge >= 0.3 is 0 Å². The molecule has 0 saturated heterocycles. The first-order valence-corrected chi connectivity index (χ1v) is 7.62. The van der Waals surface area contributed by atoms with E-state index in [2.05, 4.69) is 35.0 Å². The molecule has 2 atom stereocenters. The molecule has 0 radical (unpaired) electrons. The lowest BCUT2D eigenvalue weighted by molar-refractivity contribution is -0.708. The standard InChI is InChI=1S/C20H18NO.ClH/c22-20(17-11-5-2-6-12-17)15-18(16-9-3-1-4-10-16)21-14-8-7-13-19(20)21;/h1-14,18,22H,15H2;1H/q+1;/p-1. The first kappa shape index (κ1) is 15.7. The van der Waals surface area contributed by atoms with Crippen molar-refractivity contribution in [1.29, 1.82) is 0 Å². The third kappa shape index (κ3) is 2.54. The second-order valence-electron chi connectivity index (χ2n) is 5.85. The number of aromatic nitrogens is 1. The van der Waals surface area contributed by atoms with Crippen LogP contribution in [0.15, 0.2) is 85.1 Å². The topological polar surface area (TPSA) is 24.1 Å². The maximum atomic E-state index is 11.4. The molecule has 1 N–H and O–H groups in total. The number of fused-ring (bicyclic) bond motifs is 1. The Kier molecular flexibility index (Phi) is 4.20. The normalized spacial score (nSPS) is 22.2. The van der Waals surface area contributed by atoms with E-state index in [-0.39, 0.29) is 18.4 Å². The Morgan fingerprint density at radius 2 is 1.43 bits per heavy atom. The SMILES string of the molecule is OC1(c2ccccc2)CC(c2ccccc2)[n+]2ccccc21.[Cl-]. The molecular weight excluding hydrogens is 306 g/mol. The fourth-order valence-electron chi connectivity index (χ4n) is 3.49. The minimum absolute atomic E-state index is 0. The van der Waals surface area contributed by atoms with Crippen molar-refractivity contribution < 1.29 is 22.1 Å². The second-order valence-corrected chi connectivity index (χ2v) is 5.85. The number of pyridine rings is 1. The third-order valence-corrected chi connectivity index (χ3v) is 4.57. The lowest BCUT2D eigenvalue weighted by Gasteiger charge is -2.19. The summed E-state index contributed by atoms with van der Waals surface area (Å²) in [6, 6.07) is 26.5. The summed E-state index contributed by atoms with van der Waals surface area (Å²) in [6.07, 6.45) is 2.72. The first-order valence-electron chi connectivity index (χ1n) is 7.62. The molecule has 4 rings (SSSR count). The number of hydrogen-bond donors (Lipinski definition) is 1. The van der Waals surface area contributed by atoms with Crippen LogP contribution in [0.1, 0.15) is 29.3 Å². The Morgan fingerprint density at radius 1 is 0.826 bits per heavy atom. The number of nitrogens with zero attached hydrogens (tertiary/aromatic N) is 1. The highest BCUT2D eigenvalue weighted by atomic mass is 35.5. The summed E-state index contributed by atoms with van der Waals surface area (Å²) in [5.74, 6) is 0. The van der Waals surface area contributed by atoms with E-state index >= 15 is 0 Å². The zero-order valence-corrected chi connectivity index (χ0v) is 13.4. The van der Waals surface area contributed by atoms with Crippen molar-refractivity contribution in [3.05, 3.63) is 102 Å². The van der Waals surface area contributed by atoms with Crippen molar-refractivity contribution in [1.82, 2.24) is 0 Å². The van der Waals surface area contributed by atoms with E-state index in [1.807, 2.05) is 54.6 Å². The molecule has 2 nitrogen and oxygen atoms in total. The molecule has 116 valence electrons. The fraction of sp³-hybridized carbons (Fsp3) is 0.150. The van der Waals surface area contributed by atoms with Crippen LogP contribution in [0.3, 0.4) is 0 Å². The van der Waals surface area contributed by atoms with E-state index < -0.39 is 5.60 Å². The molecule has 23 heavy (non-hydrogen) atoms. The summed E-state index contributed by atoms with van der Waals surface area (Å²) in [6.45, 7) is 0. The zero-order valence-electron chi connectivity index (χ0n) is 12.6. The smallest absolute Gasteiger partial charge is 0.218 e. The molecule has 2 aromatic carbocycles. The molecule has 2 unspecified atom stereocenters.